The van der Waals surface area contributed by atoms with Crippen LogP contribution in [-0.4, -0.2) is 20.7 Å². The largest absolute Gasteiger partial charge is 0.319 e. The van der Waals surface area contributed by atoms with Gasteiger partial charge in [0.15, 0.2) is 5.82 Å². The molecule has 0 aliphatic carbocycles. The maximum absolute atomic E-state index is 12.8. The fourth-order valence-corrected chi connectivity index (χ4v) is 3.20. The molecular formula is C24H21ClN4O. The van der Waals surface area contributed by atoms with E-state index in [0.29, 0.717) is 16.5 Å². The van der Waals surface area contributed by atoms with Crippen LogP contribution in [0.3, 0.4) is 0 Å². The van der Waals surface area contributed by atoms with Crippen molar-refractivity contribution in [2.24, 2.45) is 0 Å². The molecule has 0 bridgehead atoms. The van der Waals surface area contributed by atoms with Crippen molar-refractivity contribution in [2.75, 3.05) is 5.32 Å². The van der Waals surface area contributed by atoms with Gasteiger partial charge >= 0.3 is 0 Å². The highest BCUT2D eigenvalue weighted by atomic mass is 35.5. The lowest BCUT2D eigenvalue weighted by Crippen LogP contribution is -2.14. The van der Waals surface area contributed by atoms with E-state index in [9.17, 15) is 4.79 Å². The van der Waals surface area contributed by atoms with E-state index in [1.54, 1.807) is 16.8 Å². The van der Waals surface area contributed by atoms with E-state index in [1.165, 1.54) is 5.56 Å². The average molecular weight is 417 g/mol. The lowest BCUT2D eigenvalue weighted by molar-refractivity contribution is 0.101. The van der Waals surface area contributed by atoms with Gasteiger partial charge in [-0.25, -0.2) is 9.67 Å². The van der Waals surface area contributed by atoms with E-state index in [1.807, 2.05) is 67.6 Å². The molecule has 0 aliphatic rings. The third-order valence-corrected chi connectivity index (χ3v) is 5.06. The molecule has 0 saturated carbocycles. The second kappa shape index (κ2) is 8.51. The molecule has 0 spiro atoms. The highest BCUT2D eigenvalue weighted by Crippen LogP contribution is 2.24. The summed E-state index contributed by atoms with van der Waals surface area (Å²) in [5, 5.41) is 8.01. The van der Waals surface area contributed by atoms with Gasteiger partial charge in [-0.15, -0.1) is 5.10 Å². The molecule has 5 nitrogen and oxygen atoms in total. The summed E-state index contributed by atoms with van der Waals surface area (Å²) in [4.78, 5) is 17.4. The summed E-state index contributed by atoms with van der Waals surface area (Å²) in [6, 6.07) is 23.0. The van der Waals surface area contributed by atoms with Crippen molar-refractivity contribution in [3.05, 3.63) is 94.8 Å². The zero-order chi connectivity index (χ0) is 21.1. The molecule has 0 radical (unpaired) electrons. The number of aromatic nitrogens is 3. The number of benzene rings is 3. The Morgan fingerprint density at radius 2 is 1.63 bits per heavy atom. The monoisotopic (exact) mass is 416 g/mol. The second-order valence-corrected chi connectivity index (χ2v) is 7.45. The topological polar surface area (TPSA) is 59.8 Å². The van der Waals surface area contributed by atoms with Gasteiger partial charge in [0, 0.05) is 16.3 Å². The van der Waals surface area contributed by atoms with Gasteiger partial charge in [-0.3, -0.25) is 4.79 Å². The van der Waals surface area contributed by atoms with Crippen molar-refractivity contribution in [1.82, 2.24) is 14.8 Å². The normalized spacial score (nSPS) is 10.8. The van der Waals surface area contributed by atoms with Gasteiger partial charge in [-0.1, -0.05) is 48.4 Å². The standard InChI is InChI=1S/C24H21ClN4O/c1-3-17-6-12-20(13-7-17)26-24(30)22-27-23(18-8-10-19(25)11-9-18)29(28-22)21-14-4-16(2)5-15-21/h4-15H,3H2,1-2H3,(H,26,30). The predicted molar refractivity (Wildman–Crippen MR) is 120 cm³/mol. The first-order chi connectivity index (χ1) is 14.5. The highest BCUT2D eigenvalue weighted by Gasteiger charge is 2.19. The van der Waals surface area contributed by atoms with Crippen LogP contribution in [0.1, 0.15) is 28.7 Å². The van der Waals surface area contributed by atoms with Gasteiger partial charge in [0.05, 0.1) is 5.69 Å². The molecule has 1 amide bonds. The van der Waals surface area contributed by atoms with Crippen LogP contribution in [0, 0.1) is 6.92 Å². The van der Waals surface area contributed by atoms with Gasteiger partial charge in [-0.05, 0) is 67.4 Å². The van der Waals surface area contributed by atoms with Crippen LogP contribution < -0.4 is 5.32 Å². The summed E-state index contributed by atoms with van der Waals surface area (Å²) >= 11 is 6.03. The van der Waals surface area contributed by atoms with Gasteiger partial charge in [0.2, 0.25) is 5.82 Å². The first-order valence-electron chi connectivity index (χ1n) is 9.74. The summed E-state index contributed by atoms with van der Waals surface area (Å²) in [5.41, 5.74) is 4.69. The Kier molecular flexibility index (Phi) is 5.63. The Morgan fingerprint density at radius 1 is 0.967 bits per heavy atom. The lowest BCUT2D eigenvalue weighted by Gasteiger charge is -2.06. The number of nitrogens with zero attached hydrogens (tertiary/aromatic N) is 3. The number of hydrogen-bond acceptors (Lipinski definition) is 3. The highest BCUT2D eigenvalue weighted by molar-refractivity contribution is 6.30. The van der Waals surface area contributed by atoms with Gasteiger partial charge in [0.1, 0.15) is 0 Å². The molecule has 3 aromatic carbocycles. The third-order valence-electron chi connectivity index (χ3n) is 4.81. The molecule has 1 aromatic heterocycles. The fourth-order valence-electron chi connectivity index (χ4n) is 3.07. The minimum Gasteiger partial charge on any atom is -0.319 e. The average Bonchev–Trinajstić information content (AvgIpc) is 3.21. The lowest BCUT2D eigenvalue weighted by atomic mass is 10.1. The minimum atomic E-state index is -0.361. The maximum atomic E-state index is 12.8. The molecule has 0 unspecified atom stereocenters. The number of aryl methyl sites for hydroxylation is 2. The number of carbonyl (C=O) groups excluding carboxylic acids is 1. The maximum Gasteiger partial charge on any atom is 0.295 e. The second-order valence-electron chi connectivity index (χ2n) is 7.02. The molecule has 4 rings (SSSR count). The van der Waals surface area contributed by atoms with Crippen molar-refractivity contribution >= 4 is 23.2 Å². The van der Waals surface area contributed by atoms with Crippen LogP contribution in [0.4, 0.5) is 5.69 Å². The number of anilines is 1. The van der Waals surface area contributed by atoms with Gasteiger partial charge in [0.25, 0.3) is 5.91 Å². The SMILES string of the molecule is CCc1ccc(NC(=O)c2nc(-c3ccc(Cl)cc3)n(-c3ccc(C)cc3)n2)cc1. The van der Waals surface area contributed by atoms with E-state index in [0.717, 1.165) is 23.2 Å². The number of hydrogen-bond donors (Lipinski definition) is 1. The van der Waals surface area contributed by atoms with Crippen LogP contribution in [0.15, 0.2) is 72.8 Å². The summed E-state index contributed by atoms with van der Waals surface area (Å²) < 4.78 is 1.68. The Balaban J connectivity index is 1.71. The molecule has 4 aromatic rings. The predicted octanol–water partition coefficient (Wildman–Crippen LogP) is 5.71. The van der Waals surface area contributed by atoms with Crippen LogP contribution >= 0.6 is 11.6 Å². The Bertz CT molecular complexity index is 1100. The van der Waals surface area contributed by atoms with E-state index < -0.39 is 0 Å². The van der Waals surface area contributed by atoms with Crippen molar-refractivity contribution in [3.63, 3.8) is 0 Å². The zero-order valence-electron chi connectivity index (χ0n) is 16.8. The summed E-state index contributed by atoms with van der Waals surface area (Å²) in [6.07, 6.45) is 0.946. The van der Waals surface area contributed by atoms with E-state index in [4.69, 9.17) is 11.6 Å². The number of nitrogens with one attached hydrogen (secondary N) is 1. The molecule has 1 heterocycles. The van der Waals surface area contributed by atoms with E-state index in [2.05, 4.69) is 22.3 Å². The van der Waals surface area contributed by atoms with Crippen molar-refractivity contribution in [3.8, 4) is 17.1 Å². The summed E-state index contributed by atoms with van der Waals surface area (Å²) in [7, 11) is 0. The van der Waals surface area contributed by atoms with Gasteiger partial charge in [-0.2, -0.15) is 0 Å². The number of rotatable bonds is 5. The Morgan fingerprint density at radius 3 is 2.27 bits per heavy atom. The van der Waals surface area contributed by atoms with Crippen LogP contribution in [0.25, 0.3) is 17.1 Å². The van der Waals surface area contributed by atoms with Gasteiger partial charge < -0.3 is 5.32 Å². The van der Waals surface area contributed by atoms with Crippen molar-refractivity contribution < 1.29 is 4.79 Å². The van der Waals surface area contributed by atoms with Crippen molar-refractivity contribution in [1.29, 1.82) is 0 Å². The molecule has 0 fully saturated rings. The van der Waals surface area contributed by atoms with Crippen LogP contribution in [-0.2, 0) is 6.42 Å². The molecule has 0 saturated heterocycles. The summed E-state index contributed by atoms with van der Waals surface area (Å²) in [5.74, 6) is 0.308. The molecule has 0 atom stereocenters. The third kappa shape index (κ3) is 4.26. The molecule has 1 N–H and O–H groups in total. The number of carbonyl (C=O) groups is 1. The molecular weight excluding hydrogens is 396 g/mol. The van der Waals surface area contributed by atoms with Crippen LogP contribution in [0.5, 0.6) is 0 Å². The minimum absolute atomic E-state index is 0.0973. The molecule has 6 heteroatoms. The van der Waals surface area contributed by atoms with Crippen molar-refractivity contribution in [2.45, 2.75) is 20.3 Å². The quantitative estimate of drug-likeness (QED) is 0.453. The fraction of sp³-hybridized carbons (Fsp3) is 0.125. The van der Waals surface area contributed by atoms with E-state index >= 15 is 0 Å². The zero-order valence-corrected chi connectivity index (χ0v) is 17.5. The number of halogens is 1. The Labute approximate surface area is 180 Å². The van der Waals surface area contributed by atoms with E-state index in [-0.39, 0.29) is 11.7 Å². The smallest absolute Gasteiger partial charge is 0.295 e. The first kappa shape index (κ1) is 19.9. The molecule has 30 heavy (non-hydrogen) atoms. The van der Waals surface area contributed by atoms with Crippen LogP contribution in [0.2, 0.25) is 5.02 Å². The molecule has 0 aliphatic heterocycles. The Hall–Kier alpha value is -3.44. The summed E-state index contributed by atoms with van der Waals surface area (Å²) in [6.45, 7) is 4.11. The first-order valence-corrected chi connectivity index (χ1v) is 10.1. The number of amides is 1. The molecule has 150 valence electrons.